The largest absolute Gasteiger partial charge is 0.489 e. The Bertz CT molecular complexity index is 511. The Kier molecular flexibility index (Phi) is 3.64. The van der Waals surface area contributed by atoms with Crippen LogP contribution in [0, 0.1) is 11.6 Å². The highest BCUT2D eigenvalue weighted by atomic mass is 32.1. The highest BCUT2D eigenvalue weighted by molar-refractivity contribution is 7.80. The van der Waals surface area contributed by atoms with E-state index in [1.54, 1.807) is 24.3 Å². The summed E-state index contributed by atoms with van der Waals surface area (Å²) in [5.74, 6) is -0.362. The molecule has 0 fully saturated rings. The molecule has 0 atom stereocenters. The lowest BCUT2D eigenvalue weighted by atomic mass is 10.2. The van der Waals surface area contributed by atoms with Gasteiger partial charge in [0.2, 0.25) is 0 Å². The van der Waals surface area contributed by atoms with Crippen LogP contribution in [0.3, 0.4) is 0 Å². The molecule has 0 aliphatic carbocycles. The Morgan fingerprint density at radius 3 is 2.41 bits per heavy atom. The van der Waals surface area contributed by atoms with Crippen LogP contribution in [0.4, 0.5) is 8.78 Å². The van der Waals surface area contributed by atoms with Gasteiger partial charge in [-0.1, -0.05) is 0 Å². The molecule has 0 bridgehead atoms. The first kappa shape index (κ1) is 11.9. The second kappa shape index (κ2) is 5.19. The van der Waals surface area contributed by atoms with Crippen LogP contribution in [-0.2, 0) is 6.61 Å². The molecule has 0 aromatic heterocycles. The van der Waals surface area contributed by atoms with E-state index in [1.165, 1.54) is 0 Å². The summed E-state index contributed by atoms with van der Waals surface area (Å²) < 4.78 is 31.5. The number of hydrogen-bond acceptors (Lipinski definition) is 2. The van der Waals surface area contributed by atoms with Crippen LogP contribution in [-0.4, -0.2) is 0 Å². The minimum atomic E-state index is -0.476. The Balaban J connectivity index is 2.07. The summed E-state index contributed by atoms with van der Waals surface area (Å²) >= 11 is 4.13. The number of thiol groups is 1. The maximum atomic E-state index is 13.3. The smallest absolute Gasteiger partial charge is 0.130 e. The maximum Gasteiger partial charge on any atom is 0.130 e. The van der Waals surface area contributed by atoms with E-state index >= 15 is 0 Å². The van der Waals surface area contributed by atoms with Crippen LogP contribution in [0.2, 0.25) is 0 Å². The first-order valence-corrected chi connectivity index (χ1v) is 5.45. The van der Waals surface area contributed by atoms with Crippen molar-refractivity contribution in [1.82, 2.24) is 0 Å². The molecule has 0 saturated heterocycles. The molecule has 0 unspecified atom stereocenters. The van der Waals surface area contributed by atoms with Gasteiger partial charge in [-0.2, -0.15) is 0 Å². The molecule has 4 heteroatoms. The van der Waals surface area contributed by atoms with Crippen molar-refractivity contribution in [2.45, 2.75) is 11.5 Å². The first-order chi connectivity index (χ1) is 8.15. The minimum Gasteiger partial charge on any atom is -0.489 e. The molecule has 0 heterocycles. The second-order valence-corrected chi connectivity index (χ2v) is 4.03. The number of ether oxygens (including phenoxy) is 1. The highest BCUT2D eigenvalue weighted by Gasteiger charge is 2.04. The zero-order valence-electron chi connectivity index (χ0n) is 8.86. The number of benzene rings is 2. The molecule has 2 aromatic carbocycles. The summed E-state index contributed by atoms with van der Waals surface area (Å²) in [6.45, 7) is -0.00445. The SMILES string of the molecule is Fc1ccc(F)c(COc2ccc(S)cc2)c1. The van der Waals surface area contributed by atoms with Gasteiger partial charge < -0.3 is 4.74 Å². The lowest BCUT2D eigenvalue weighted by molar-refractivity contribution is 0.299. The van der Waals surface area contributed by atoms with Gasteiger partial charge in [-0.3, -0.25) is 0 Å². The topological polar surface area (TPSA) is 9.23 Å². The van der Waals surface area contributed by atoms with Crippen LogP contribution in [0.5, 0.6) is 5.75 Å². The third kappa shape index (κ3) is 3.20. The summed E-state index contributed by atoms with van der Waals surface area (Å²) in [4.78, 5) is 0.814. The molecular weight excluding hydrogens is 242 g/mol. The van der Waals surface area contributed by atoms with E-state index in [2.05, 4.69) is 12.6 Å². The number of halogens is 2. The molecule has 2 rings (SSSR count). The zero-order valence-corrected chi connectivity index (χ0v) is 9.75. The molecule has 2 aromatic rings. The van der Waals surface area contributed by atoms with Crippen molar-refractivity contribution in [2.24, 2.45) is 0 Å². The van der Waals surface area contributed by atoms with Gasteiger partial charge in [0.05, 0.1) is 0 Å². The second-order valence-electron chi connectivity index (χ2n) is 3.52. The number of rotatable bonds is 3. The normalized spacial score (nSPS) is 10.3. The monoisotopic (exact) mass is 252 g/mol. The van der Waals surface area contributed by atoms with Crippen molar-refractivity contribution in [3.05, 3.63) is 59.7 Å². The predicted octanol–water partition coefficient (Wildman–Crippen LogP) is 3.83. The van der Waals surface area contributed by atoms with Gasteiger partial charge in [0.1, 0.15) is 24.0 Å². The molecule has 0 amide bonds. The minimum absolute atomic E-state index is 0.00445. The zero-order chi connectivity index (χ0) is 12.3. The van der Waals surface area contributed by atoms with Gasteiger partial charge in [-0.25, -0.2) is 8.78 Å². The summed E-state index contributed by atoms with van der Waals surface area (Å²) in [6.07, 6.45) is 0. The van der Waals surface area contributed by atoms with Crippen molar-refractivity contribution < 1.29 is 13.5 Å². The first-order valence-electron chi connectivity index (χ1n) is 5.01. The van der Waals surface area contributed by atoms with E-state index in [4.69, 9.17) is 4.74 Å². The lowest BCUT2D eigenvalue weighted by Crippen LogP contribution is -1.99. The van der Waals surface area contributed by atoms with E-state index in [0.29, 0.717) is 5.75 Å². The average molecular weight is 252 g/mol. The lowest BCUT2D eigenvalue weighted by Gasteiger charge is -2.07. The highest BCUT2D eigenvalue weighted by Crippen LogP contribution is 2.17. The van der Waals surface area contributed by atoms with Crippen LogP contribution < -0.4 is 4.74 Å². The molecule has 0 spiro atoms. The Labute approximate surface area is 103 Å². The summed E-state index contributed by atoms with van der Waals surface area (Å²) in [5, 5.41) is 0. The predicted molar refractivity (Wildman–Crippen MR) is 64.4 cm³/mol. The fourth-order valence-corrected chi connectivity index (χ4v) is 1.51. The van der Waals surface area contributed by atoms with Crippen LogP contribution >= 0.6 is 12.6 Å². The van der Waals surface area contributed by atoms with Crippen LogP contribution in [0.15, 0.2) is 47.4 Å². The molecular formula is C13H10F2OS. The maximum absolute atomic E-state index is 13.3. The number of hydrogen-bond donors (Lipinski definition) is 1. The molecule has 0 N–H and O–H groups in total. The molecule has 0 saturated carbocycles. The van der Waals surface area contributed by atoms with Crippen LogP contribution in [0.1, 0.15) is 5.56 Å². The van der Waals surface area contributed by atoms with Crippen molar-refractivity contribution in [3.63, 3.8) is 0 Å². The molecule has 17 heavy (non-hydrogen) atoms. The molecule has 88 valence electrons. The summed E-state index contributed by atoms with van der Waals surface area (Å²) in [6, 6.07) is 10.3. The molecule has 0 radical (unpaired) electrons. The van der Waals surface area contributed by atoms with E-state index in [9.17, 15) is 8.78 Å². The van der Waals surface area contributed by atoms with Crippen molar-refractivity contribution >= 4 is 12.6 Å². The fourth-order valence-electron chi connectivity index (χ4n) is 1.36. The average Bonchev–Trinajstić information content (AvgIpc) is 2.32. The standard InChI is InChI=1S/C13H10F2OS/c14-10-1-6-13(15)9(7-10)8-16-11-2-4-12(17)5-3-11/h1-7,17H,8H2. The van der Waals surface area contributed by atoms with Gasteiger partial charge in [0, 0.05) is 10.5 Å². The quantitative estimate of drug-likeness (QED) is 0.817. The van der Waals surface area contributed by atoms with Crippen molar-refractivity contribution in [3.8, 4) is 5.75 Å². The van der Waals surface area contributed by atoms with E-state index in [-0.39, 0.29) is 12.2 Å². The third-order valence-corrected chi connectivity index (χ3v) is 2.54. The van der Waals surface area contributed by atoms with E-state index in [1.807, 2.05) is 0 Å². The molecule has 0 aliphatic heterocycles. The Morgan fingerprint density at radius 1 is 1.00 bits per heavy atom. The van der Waals surface area contributed by atoms with Gasteiger partial charge in [-0.15, -0.1) is 12.6 Å². The van der Waals surface area contributed by atoms with Gasteiger partial charge in [-0.05, 0) is 42.5 Å². The van der Waals surface area contributed by atoms with Gasteiger partial charge in [0.15, 0.2) is 0 Å². The Morgan fingerprint density at radius 2 is 1.71 bits per heavy atom. The van der Waals surface area contributed by atoms with Gasteiger partial charge >= 0.3 is 0 Å². The van der Waals surface area contributed by atoms with Gasteiger partial charge in [0.25, 0.3) is 0 Å². The Hall–Kier alpha value is -1.55. The molecule has 1 nitrogen and oxygen atoms in total. The van der Waals surface area contributed by atoms with Crippen molar-refractivity contribution in [1.29, 1.82) is 0 Å². The summed E-state index contributed by atoms with van der Waals surface area (Å²) in [5.41, 5.74) is 0.194. The summed E-state index contributed by atoms with van der Waals surface area (Å²) in [7, 11) is 0. The fraction of sp³-hybridized carbons (Fsp3) is 0.0769. The van der Waals surface area contributed by atoms with E-state index in [0.717, 1.165) is 23.1 Å². The molecule has 0 aliphatic rings. The third-order valence-electron chi connectivity index (χ3n) is 2.24. The van der Waals surface area contributed by atoms with Crippen molar-refractivity contribution in [2.75, 3.05) is 0 Å². The van der Waals surface area contributed by atoms with E-state index < -0.39 is 11.6 Å². The van der Waals surface area contributed by atoms with Crippen LogP contribution in [0.25, 0.3) is 0 Å².